The largest absolute Gasteiger partial charge is 0.378 e. The van der Waals surface area contributed by atoms with Gasteiger partial charge in [-0.05, 0) is 24.0 Å². The van der Waals surface area contributed by atoms with Crippen LogP contribution in [0.5, 0.6) is 0 Å². The normalized spacial score (nSPS) is 24.6. The second-order valence-corrected chi connectivity index (χ2v) is 13.4. The molecule has 2 aromatic heterocycles. The Morgan fingerprint density at radius 1 is 1.07 bits per heavy atom. The molecule has 1 aliphatic carbocycles. The maximum atomic E-state index is 14.0. The second kappa shape index (κ2) is 10.9. The Morgan fingerprint density at radius 2 is 1.79 bits per heavy atom. The van der Waals surface area contributed by atoms with E-state index in [-0.39, 0.29) is 41.5 Å². The molecule has 42 heavy (non-hydrogen) atoms. The van der Waals surface area contributed by atoms with Gasteiger partial charge in [-0.3, -0.25) is 24.2 Å². The molecule has 224 valence electrons. The molecule has 1 saturated carbocycles. The minimum Gasteiger partial charge on any atom is -0.378 e. The number of amides is 4. The Bertz CT molecular complexity index is 1370. The molecule has 4 amide bonds. The molecular formula is C29H37N7O5S. The molecule has 3 aliphatic heterocycles. The van der Waals surface area contributed by atoms with Crippen LogP contribution in [-0.2, 0) is 19.1 Å². The zero-order valence-corrected chi connectivity index (χ0v) is 25.0. The van der Waals surface area contributed by atoms with Crippen molar-refractivity contribution in [2.45, 2.75) is 26.3 Å². The number of rotatable bonds is 7. The van der Waals surface area contributed by atoms with Crippen molar-refractivity contribution >= 4 is 40.8 Å². The predicted molar refractivity (Wildman–Crippen MR) is 155 cm³/mol. The van der Waals surface area contributed by atoms with E-state index < -0.39 is 17.4 Å². The highest BCUT2D eigenvalue weighted by Gasteiger charge is 2.62. The van der Waals surface area contributed by atoms with Gasteiger partial charge in [0.15, 0.2) is 6.04 Å². The minimum absolute atomic E-state index is 0.000838. The summed E-state index contributed by atoms with van der Waals surface area (Å²) in [5, 5.41) is 5.61. The lowest BCUT2D eigenvalue weighted by molar-refractivity contribution is -0.151. The lowest BCUT2D eigenvalue weighted by Gasteiger charge is -2.50. The molecule has 0 aromatic carbocycles. The van der Waals surface area contributed by atoms with Crippen molar-refractivity contribution in [2.24, 2.45) is 22.7 Å². The van der Waals surface area contributed by atoms with Gasteiger partial charge in [-0.15, -0.1) is 11.3 Å². The topological polar surface area (TPSA) is 137 Å². The van der Waals surface area contributed by atoms with Gasteiger partial charge < -0.3 is 30.1 Å². The monoisotopic (exact) mass is 595 g/mol. The third-order valence-electron chi connectivity index (χ3n) is 9.21. The quantitative estimate of drug-likeness (QED) is 0.483. The number of nitrogens with zero attached hydrogens (tertiary/aromatic N) is 5. The number of carbonyl (C=O) groups is 4. The third kappa shape index (κ3) is 5.24. The van der Waals surface area contributed by atoms with Gasteiger partial charge in [0.05, 0.1) is 36.5 Å². The highest BCUT2D eigenvalue weighted by atomic mass is 32.1. The maximum absolute atomic E-state index is 14.0. The fourth-order valence-electron chi connectivity index (χ4n) is 6.49. The molecule has 0 radical (unpaired) electrons. The Morgan fingerprint density at radius 3 is 2.43 bits per heavy atom. The fraction of sp³-hybridized carbons (Fsp3) is 0.586. The number of nitrogens with one attached hydrogen (secondary N) is 2. The molecule has 6 rings (SSSR count). The van der Waals surface area contributed by atoms with E-state index in [1.165, 1.54) is 24.6 Å². The number of carbonyl (C=O) groups excluding carboxylic acids is 4. The first-order valence-corrected chi connectivity index (χ1v) is 15.3. The highest BCUT2D eigenvalue weighted by molar-refractivity contribution is 7.11. The molecule has 0 bridgehead atoms. The first-order valence-electron chi connectivity index (χ1n) is 14.4. The number of thiazole rings is 1. The molecule has 12 nitrogen and oxygen atoms in total. The van der Waals surface area contributed by atoms with Crippen LogP contribution in [0.15, 0.2) is 29.9 Å². The van der Waals surface area contributed by atoms with E-state index >= 15 is 0 Å². The lowest BCUT2D eigenvalue weighted by atomic mass is 9.70. The second-order valence-electron chi connectivity index (χ2n) is 12.5. The summed E-state index contributed by atoms with van der Waals surface area (Å²) in [6.07, 6.45) is 2.40. The Kier molecular flexibility index (Phi) is 7.42. The smallest absolute Gasteiger partial charge is 0.265 e. The first-order chi connectivity index (χ1) is 20.1. The average Bonchev–Trinajstić information content (AvgIpc) is 3.36. The van der Waals surface area contributed by atoms with Crippen LogP contribution in [0.3, 0.4) is 0 Å². The summed E-state index contributed by atoms with van der Waals surface area (Å²) < 4.78 is 5.45. The number of hydrogen-bond acceptors (Lipinski definition) is 9. The number of likely N-dealkylation sites (N-methyl/N-ethyl adjacent to an activating group) is 1. The molecule has 1 unspecified atom stereocenters. The Balaban J connectivity index is 1.23. The van der Waals surface area contributed by atoms with Crippen molar-refractivity contribution in [1.29, 1.82) is 0 Å². The molecule has 4 aliphatic rings. The number of likely N-dealkylation sites (tertiary alicyclic amines) is 2. The van der Waals surface area contributed by atoms with Crippen molar-refractivity contribution in [1.82, 2.24) is 30.4 Å². The van der Waals surface area contributed by atoms with Crippen LogP contribution in [-0.4, -0.2) is 103 Å². The molecule has 4 fully saturated rings. The molecule has 13 heteroatoms. The van der Waals surface area contributed by atoms with Gasteiger partial charge in [0.25, 0.3) is 5.91 Å². The highest BCUT2D eigenvalue weighted by Crippen LogP contribution is 2.54. The van der Waals surface area contributed by atoms with E-state index in [1.807, 2.05) is 17.0 Å². The van der Waals surface area contributed by atoms with Crippen molar-refractivity contribution in [3.63, 3.8) is 0 Å². The van der Waals surface area contributed by atoms with E-state index in [0.29, 0.717) is 62.3 Å². The van der Waals surface area contributed by atoms with Crippen LogP contribution in [0.1, 0.15) is 41.7 Å². The number of aromatic nitrogens is 2. The third-order valence-corrected chi connectivity index (χ3v) is 9.97. The molecule has 5 heterocycles. The number of hydrogen-bond donors (Lipinski definition) is 2. The Labute approximate surface area is 248 Å². The standard InChI is InChI=1S/C29H37N7O5S/c1-28(2)11-18(28)26(39)36-15-29(16-36)14-35(27(40)21-12-31-17-42-21)13-19(29)24(37)33-23(25(38)30-3)20-5-4-6-22(32-20)34-7-9-41-10-8-34/h4-6,12,17-19,23H,7-11,13-16H2,1-3H3,(H,30,38)(H,33,37)/t18-,19+,23?/m1/s1. The van der Waals surface area contributed by atoms with Crippen molar-refractivity contribution in [2.75, 3.05) is 64.4 Å². The summed E-state index contributed by atoms with van der Waals surface area (Å²) in [4.78, 5) is 68.4. The number of ether oxygens (including phenoxy) is 1. The summed E-state index contributed by atoms with van der Waals surface area (Å²) in [6.45, 7) is 8.11. The van der Waals surface area contributed by atoms with E-state index in [9.17, 15) is 19.2 Å². The van der Waals surface area contributed by atoms with Gasteiger partial charge in [0.2, 0.25) is 17.7 Å². The van der Waals surface area contributed by atoms with E-state index in [2.05, 4.69) is 34.4 Å². The molecule has 2 N–H and O–H groups in total. The van der Waals surface area contributed by atoms with Gasteiger partial charge in [-0.1, -0.05) is 19.9 Å². The number of morpholine rings is 1. The predicted octanol–water partition coefficient (Wildman–Crippen LogP) is 0.925. The van der Waals surface area contributed by atoms with Gasteiger partial charge in [-0.2, -0.15) is 0 Å². The summed E-state index contributed by atoms with van der Waals surface area (Å²) in [5.41, 5.74) is 1.45. The zero-order valence-electron chi connectivity index (χ0n) is 24.2. The molecular weight excluding hydrogens is 558 g/mol. The average molecular weight is 596 g/mol. The molecule has 3 atom stereocenters. The summed E-state index contributed by atoms with van der Waals surface area (Å²) in [7, 11) is 1.52. The van der Waals surface area contributed by atoms with Gasteiger partial charge in [-0.25, -0.2) is 4.98 Å². The zero-order chi connectivity index (χ0) is 29.6. The van der Waals surface area contributed by atoms with Crippen molar-refractivity contribution in [3.8, 4) is 0 Å². The number of pyridine rings is 1. The maximum Gasteiger partial charge on any atom is 0.265 e. The van der Waals surface area contributed by atoms with Crippen LogP contribution in [0, 0.1) is 22.7 Å². The van der Waals surface area contributed by atoms with Crippen molar-refractivity contribution < 1.29 is 23.9 Å². The summed E-state index contributed by atoms with van der Waals surface area (Å²) in [6, 6.07) is 4.43. The molecule has 3 saturated heterocycles. The summed E-state index contributed by atoms with van der Waals surface area (Å²) >= 11 is 1.26. The SMILES string of the molecule is CNC(=O)C(NC(=O)[C@@H]1CN(C(=O)c2cncs2)CC12CN(C(=O)[C@H]1CC1(C)C)C2)c1cccc(N2CCOCC2)n1. The van der Waals surface area contributed by atoms with E-state index in [4.69, 9.17) is 9.72 Å². The van der Waals surface area contributed by atoms with Crippen LogP contribution in [0.4, 0.5) is 5.82 Å². The van der Waals surface area contributed by atoms with Crippen LogP contribution in [0.25, 0.3) is 0 Å². The van der Waals surface area contributed by atoms with E-state index in [0.717, 1.165) is 6.42 Å². The van der Waals surface area contributed by atoms with Gasteiger partial charge in [0, 0.05) is 57.6 Å². The van der Waals surface area contributed by atoms with E-state index in [1.54, 1.807) is 16.5 Å². The van der Waals surface area contributed by atoms with Gasteiger partial charge >= 0.3 is 0 Å². The fourth-order valence-corrected chi connectivity index (χ4v) is 7.08. The van der Waals surface area contributed by atoms with Crippen molar-refractivity contribution in [3.05, 3.63) is 40.5 Å². The number of anilines is 1. The Hall–Kier alpha value is -3.58. The van der Waals surface area contributed by atoms with Crippen LogP contribution in [0.2, 0.25) is 0 Å². The van der Waals surface area contributed by atoms with Gasteiger partial charge in [0.1, 0.15) is 10.7 Å². The van der Waals surface area contributed by atoms with Crippen LogP contribution >= 0.6 is 11.3 Å². The van der Waals surface area contributed by atoms with Crippen LogP contribution < -0.4 is 15.5 Å². The first kappa shape index (κ1) is 28.5. The molecule has 2 aromatic rings. The minimum atomic E-state index is -1.02. The summed E-state index contributed by atoms with van der Waals surface area (Å²) in [5.74, 6) is -0.663. The molecule has 1 spiro atoms. The lowest BCUT2D eigenvalue weighted by Crippen LogP contribution is -2.64.